The van der Waals surface area contributed by atoms with Crippen LogP contribution in [0.25, 0.3) is 0 Å². The van der Waals surface area contributed by atoms with Crippen LogP contribution in [0.5, 0.6) is 0 Å². The van der Waals surface area contributed by atoms with E-state index in [1.54, 1.807) is 0 Å². The van der Waals surface area contributed by atoms with Crippen LogP contribution in [0.2, 0.25) is 0 Å². The van der Waals surface area contributed by atoms with Gasteiger partial charge in [-0.3, -0.25) is 0 Å². The number of rotatable bonds is 2. The van der Waals surface area contributed by atoms with Gasteiger partial charge in [-0.25, -0.2) is 8.42 Å². The summed E-state index contributed by atoms with van der Waals surface area (Å²) < 4.78 is 22.9. The van der Waals surface area contributed by atoms with E-state index in [9.17, 15) is 8.42 Å². The molecule has 3 unspecified atom stereocenters. The maximum Gasteiger partial charge on any atom is 0.151 e. The van der Waals surface area contributed by atoms with Crippen molar-refractivity contribution in [2.75, 3.05) is 11.5 Å². The summed E-state index contributed by atoms with van der Waals surface area (Å²) in [5.74, 6) is 1.37. The fourth-order valence-electron chi connectivity index (χ4n) is 3.42. The van der Waals surface area contributed by atoms with Gasteiger partial charge in [-0.2, -0.15) is 0 Å². The van der Waals surface area contributed by atoms with E-state index < -0.39 is 9.84 Å². The minimum Gasteiger partial charge on any atom is -0.310 e. The number of hydrogen-bond acceptors (Lipinski definition) is 3. The zero-order valence-corrected chi connectivity index (χ0v) is 12.0. The largest absolute Gasteiger partial charge is 0.310 e. The Morgan fingerprint density at radius 3 is 2.47 bits per heavy atom. The van der Waals surface area contributed by atoms with E-state index >= 15 is 0 Å². The molecule has 1 aliphatic heterocycles. The van der Waals surface area contributed by atoms with Crippen molar-refractivity contribution in [3.8, 4) is 0 Å². The minimum atomic E-state index is -2.75. The van der Waals surface area contributed by atoms with Gasteiger partial charge in [-0.1, -0.05) is 20.8 Å². The maximum absolute atomic E-state index is 11.4. The molecule has 4 heteroatoms. The Morgan fingerprint density at radius 2 is 1.94 bits per heavy atom. The van der Waals surface area contributed by atoms with Crippen molar-refractivity contribution in [1.82, 2.24) is 5.32 Å². The first kappa shape index (κ1) is 13.3. The zero-order valence-electron chi connectivity index (χ0n) is 11.2. The molecule has 0 aromatic rings. The van der Waals surface area contributed by atoms with Crippen LogP contribution in [0.4, 0.5) is 0 Å². The van der Waals surface area contributed by atoms with Crippen molar-refractivity contribution in [1.29, 1.82) is 0 Å². The van der Waals surface area contributed by atoms with Gasteiger partial charge in [0.05, 0.1) is 11.5 Å². The summed E-state index contributed by atoms with van der Waals surface area (Å²) in [7, 11) is -2.75. The molecule has 2 fully saturated rings. The Labute approximate surface area is 105 Å². The highest BCUT2D eigenvalue weighted by Crippen LogP contribution is 2.38. The van der Waals surface area contributed by atoms with E-state index in [4.69, 9.17) is 0 Å². The molecule has 2 aliphatic rings. The Kier molecular flexibility index (Phi) is 3.56. The average molecular weight is 259 g/mol. The number of nitrogens with one attached hydrogen (secondary N) is 1. The van der Waals surface area contributed by atoms with Gasteiger partial charge in [0.25, 0.3) is 0 Å². The lowest BCUT2D eigenvalue weighted by atomic mass is 9.70. The van der Waals surface area contributed by atoms with Gasteiger partial charge in [-0.05, 0) is 37.0 Å². The molecular formula is C13H25NO2S. The smallest absolute Gasteiger partial charge is 0.151 e. The Hall–Kier alpha value is -0.0900. The van der Waals surface area contributed by atoms with Gasteiger partial charge in [0.2, 0.25) is 0 Å². The lowest BCUT2D eigenvalue weighted by Crippen LogP contribution is -2.46. The van der Waals surface area contributed by atoms with Gasteiger partial charge in [0.15, 0.2) is 9.84 Å². The molecule has 100 valence electrons. The van der Waals surface area contributed by atoms with Gasteiger partial charge >= 0.3 is 0 Å². The van der Waals surface area contributed by atoms with Crippen LogP contribution in [0.1, 0.15) is 46.5 Å². The first-order valence-electron chi connectivity index (χ1n) is 6.74. The second-order valence-electron chi connectivity index (χ2n) is 6.76. The van der Waals surface area contributed by atoms with Gasteiger partial charge in [-0.15, -0.1) is 0 Å². The SMILES string of the molecule is CC1CC(C)(C)CCC1NC1CCS(=O)(=O)C1. The Balaban J connectivity index is 1.89. The fourth-order valence-corrected chi connectivity index (χ4v) is 5.11. The summed E-state index contributed by atoms with van der Waals surface area (Å²) in [6.07, 6.45) is 4.47. The van der Waals surface area contributed by atoms with Crippen LogP contribution in [-0.2, 0) is 9.84 Å². The molecular weight excluding hydrogens is 234 g/mol. The molecule has 0 radical (unpaired) electrons. The lowest BCUT2D eigenvalue weighted by molar-refractivity contribution is 0.143. The van der Waals surface area contributed by atoms with E-state index in [-0.39, 0.29) is 6.04 Å². The molecule has 1 aliphatic carbocycles. The number of hydrogen-bond donors (Lipinski definition) is 1. The third kappa shape index (κ3) is 3.44. The molecule has 1 saturated heterocycles. The lowest BCUT2D eigenvalue weighted by Gasteiger charge is -2.40. The molecule has 1 N–H and O–H groups in total. The zero-order chi connectivity index (χ0) is 12.7. The van der Waals surface area contributed by atoms with Crippen molar-refractivity contribution in [2.24, 2.45) is 11.3 Å². The van der Waals surface area contributed by atoms with Crippen LogP contribution >= 0.6 is 0 Å². The Bertz CT molecular complexity index is 375. The van der Waals surface area contributed by atoms with Gasteiger partial charge < -0.3 is 5.32 Å². The predicted molar refractivity (Wildman–Crippen MR) is 70.8 cm³/mol. The summed E-state index contributed by atoms with van der Waals surface area (Å²) in [5, 5.41) is 3.58. The molecule has 17 heavy (non-hydrogen) atoms. The second-order valence-corrected chi connectivity index (χ2v) is 8.99. The minimum absolute atomic E-state index is 0.202. The molecule has 0 spiro atoms. The van der Waals surface area contributed by atoms with E-state index in [0.29, 0.717) is 28.9 Å². The summed E-state index contributed by atoms with van der Waals surface area (Å²) in [6.45, 7) is 6.96. The maximum atomic E-state index is 11.4. The molecule has 0 aromatic carbocycles. The second kappa shape index (κ2) is 4.54. The molecule has 1 saturated carbocycles. The van der Waals surface area contributed by atoms with Crippen LogP contribution in [0.3, 0.4) is 0 Å². The highest BCUT2D eigenvalue weighted by atomic mass is 32.2. The van der Waals surface area contributed by atoms with Gasteiger partial charge in [0, 0.05) is 12.1 Å². The quantitative estimate of drug-likeness (QED) is 0.825. The predicted octanol–water partition coefficient (Wildman–Crippen LogP) is 1.98. The van der Waals surface area contributed by atoms with Crippen molar-refractivity contribution in [2.45, 2.75) is 58.5 Å². The fraction of sp³-hybridized carbons (Fsp3) is 1.00. The molecule has 0 amide bonds. The molecule has 3 atom stereocenters. The molecule has 3 nitrogen and oxygen atoms in total. The third-order valence-electron chi connectivity index (χ3n) is 4.38. The van der Waals surface area contributed by atoms with Crippen LogP contribution in [0, 0.1) is 11.3 Å². The summed E-state index contributed by atoms with van der Waals surface area (Å²) in [4.78, 5) is 0. The highest BCUT2D eigenvalue weighted by molar-refractivity contribution is 7.91. The standard InChI is InChI=1S/C13H25NO2S/c1-10-8-13(2,3)6-4-12(10)14-11-5-7-17(15,16)9-11/h10-12,14H,4-9H2,1-3H3. The number of sulfone groups is 1. The van der Waals surface area contributed by atoms with Gasteiger partial charge in [0.1, 0.15) is 0 Å². The Morgan fingerprint density at radius 1 is 1.24 bits per heavy atom. The first-order valence-corrected chi connectivity index (χ1v) is 8.56. The van der Waals surface area contributed by atoms with Crippen LogP contribution in [0.15, 0.2) is 0 Å². The average Bonchev–Trinajstić information content (AvgIpc) is 2.50. The topological polar surface area (TPSA) is 46.2 Å². The van der Waals surface area contributed by atoms with Crippen molar-refractivity contribution >= 4 is 9.84 Å². The first-order chi connectivity index (χ1) is 7.77. The highest BCUT2D eigenvalue weighted by Gasteiger charge is 2.35. The summed E-state index contributed by atoms with van der Waals surface area (Å²) >= 11 is 0. The van der Waals surface area contributed by atoms with Crippen LogP contribution in [-0.4, -0.2) is 32.0 Å². The van der Waals surface area contributed by atoms with Crippen molar-refractivity contribution in [3.63, 3.8) is 0 Å². The molecule has 0 bridgehead atoms. The van der Waals surface area contributed by atoms with E-state index in [0.717, 1.165) is 6.42 Å². The summed E-state index contributed by atoms with van der Waals surface area (Å²) in [6, 6.07) is 0.718. The van der Waals surface area contributed by atoms with E-state index in [2.05, 4.69) is 26.1 Å². The molecule has 0 aromatic heterocycles. The molecule has 1 heterocycles. The normalized spacial score (nSPS) is 40.3. The van der Waals surface area contributed by atoms with Crippen molar-refractivity contribution < 1.29 is 8.42 Å². The van der Waals surface area contributed by atoms with Crippen LogP contribution < -0.4 is 5.32 Å². The van der Waals surface area contributed by atoms with E-state index in [1.807, 2.05) is 0 Å². The summed E-state index contributed by atoms with van der Waals surface area (Å²) in [5.41, 5.74) is 0.458. The van der Waals surface area contributed by atoms with Crippen molar-refractivity contribution in [3.05, 3.63) is 0 Å². The monoisotopic (exact) mass is 259 g/mol. The third-order valence-corrected chi connectivity index (χ3v) is 6.14. The molecule has 2 rings (SSSR count). The van der Waals surface area contributed by atoms with E-state index in [1.165, 1.54) is 19.3 Å².